The first-order valence-corrected chi connectivity index (χ1v) is 4.05. The number of ketones is 1. The molecule has 0 saturated carbocycles. The van der Waals surface area contributed by atoms with E-state index in [0.29, 0.717) is 0 Å². The third kappa shape index (κ3) is 3.44. The molecule has 1 aromatic rings. The van der Waals surface area contributed by atoms with Crippen LogP contribution in [-0.2, 0) is 4.79 Å². The first-order chi connectivity index (χ1) is 5.70. The van der Waals surface area contributed by atoms with E-state index in [9.17, 15) is 4.79 Å². The summed E-state index contributed by atoms with van der Waals surface area (Å²) in [7, 11) is 0. The van der Waals surface area contributed by atoms with Gasteiger partial charge in [0.15, 0.2) is 5.78 Å². The van der Waals surface area contributed by atoms with Crippen LogP contribution < -0.4 is 0 Å². The molecule has 0 heterocycles. The minimum absolute atomic E-state index is 0.104. The zero-order valence-corrected chi connectivity index (χ0v) is 8.30. The lowest BCUT2D eigenvalue weighted by atomic mass is 10.2. The Labute approximate surface area is 79.7 Å². The summed E-state index contributed by atoms with van der Waals surface area (Å²) in [5.41, 5.74) is 0.753. The van der Waals surface area contributed by atoms with Crippen molar-refractivity contribution in [1.82, 2.24) is 0 Å². The topological polar surface area (TPSA) is 34.1 Å². The maximum absolute atomic E-state index is 10.7. The monoisotopic (exact) mass is 228 g/mol. The lowest BCUT2D eigenvalue weighted by molar-refractivity contribution is -0.0979. The first kappa shape index (κ1) is 11.0. The van der Waals surface area contributed by atoms with E-state index in [1.165, 1.54) is 0 Å². The lowest BCUT2D eigenvalue weighted by Gasteiger charge is -1.92. The number of Topliss-reactive ketones (excluding diaryl/α,β-unsaturated/α-hetero) is 1. The Morgan fingerprint density at radius 2 is 1.67 bits per heavy atom. The SMILES string of the molecule is C=O.CC(=O)c1ccc(Br)cc1. The van der Waals surface area contributed by atoms with Crippen molar-refractivity contribution in [3.05, 3.63) is 34.3 Å². The van der Waals surface area contributed by atoms with Gasteiger partial charge in [-0.05, 0) is 19.1 Å². The number of rotatable bonds is 1. The molecular formula is C9H9BrO2. The molecule has 0 fully saturated rings. The zero-order chi connectivity index (χ0) is 9.56. The Balaban J connectivity index is 0.000000561. The number of halogens is 1. The summed E-state index contributed by atoms with van der Waals surface area (Å²) in [6.07, 6.45) is 0. The molecule has 64 valence electrons. The van der Waals surface area contributed by atoms with Gasteiger partial charge in [0.2, 0.25) is 0 Å². The summed E-state index contributed by atoms with van der Waals surface area (Å²) < 4.78 is 0.998. The second-order valence-electron chi connectivity index (χ2n) is 2.06. The van der Waals surface area contributed by atoms with Gasteiger partial charge in [-0.15, -0.1) is 0 Å². The van der Waals surface area contributed by atoms with Gasteiger partial charge in [-0.25, -0.2) is 0 Å². The molecule has 0 atom stereocenters. The molecule has 3 heteroatoms. The van der Waals surface area contributed by atoms with Crippen LogP contribution in [0.5, 0.6) is 0 Å². The van der Waals surface area contributed by atoms with Gasteiger partial charge in [0.05, 0.1) is 0 Å². The van der Waals surface area contributed by atoms with Crippen molar-refractivity contribution in [3.8, 4) is 0 Å². The van der Waals surface area contributed by atoms with Crippen LogP contribution in [0.1, 0.15) is 17.3 Å². The zero-order valence-electron chi connectivity index (χ0n) is 6.71. The minimum Gasteiger partial charge on any atom is -0.307 e. The quantitative estimate of drug-likeness (QED) is 0.693. The summed E-state index contributed by atoms with van der Waals surface area (Å²) in [5.74, 6) is 0.104. The molecule has 0 unspecified atom stereocenters. The Kier molecular flexibility index (Phi) is 5.21. The molecule has 0 amide bonds. The fourth-order valence-corrected chi connectivity index (χ4v) is 0.949. The predicted octanol–water partition coefficient (Wildman–Crippen LogP) is 2.47. The summed E-state index contributed by atoms with van der Waals surface area (Å²) in [6, 6.07) is 7.31. The van der Waals surface area contributed by atoms with E-state index in [4.69, 9.17) is 4.79 Å². The highest BCUT2D eigenvalue weighted by Gasteiger charge is 1.95. The first-order valence-electron chi connectivity index (χ1n) is 3.25. The highest BCUT2D eigenvalue weighted by Crippen LogP contribution is 2.10. The van der Waals surface area contributed by atoms with E-state index in [1.54, 1.807) is 19.1 Å². The average molecular weight is 229 g/mol. The highest BCUT2D eigenvalue weighted by atomic mass is 79.9. The molecule has 0 aliphatic rings. The van der Waals surface area contributed by atoms with E-state index in [2.05, 4.69) is 15.9 Å². The Morgan fingerprint density at radius 3 is 2.00 bits per heavy atom. The summed E-state index contributed by atoms with van der Waals surface area (Å²) in [6.45, 7) is 3.56. The normalized spacial score (nSPS) is 8.17. The Morgan fingerprint density at radius 1 is 1.25 bits per heavy atom. The standard InChI is InChI=1S/C8H7BrO.CH2O/c1-6(10)7-2-4-8(9)5-3-7;1-2/h2-5H,1H3;1H2. The van der Waals surface area contributed by atoms with E-state index < -0.39 is 0 Å². The van der Waals surface area contributed by atoms with E-state index in [-0.39, 0.29) is 5.78 Å². The Bertz CT molecular complexity index is 254. The van der Waals surface area contributed by atoms with Crippen LogP contribution in [0, 0.1) is 0 Å². The van der Waals surface area contributed by atoms with Crippen molar-refractivity contribution in [3.63, 3.8) is 0 Å². The van der Waals surface area contributed by atoms with Gasteiger partial charge in [0.1, 0.15) is 6.79 Å². The van der Waals surface area contributed by atoms with E-state index in [0.717, 1.165) is 10.0 Å². The molecule has 0 spiro atoms. The Hall–Kier alpha value is -0.960. The van der Waals surface area contributed by atoms with Gasteiger partial charge < -0.3 is 4.79 Å². The van der Waals surface area contributed by atoms with E-state index >= 15 is 0 Å². The molecule has 12 heavy (non-hydrogen) atoms. The van der Waals surface area contributed by atoms with Crippen LogP contribution in [0.2, 0.25) is 0 Å². The van der Waals surface area contributed by atoms with Gasteiger partial charge in [0, 0.05) is 10.0 Å². The molecule has 0 aliphatic heterocycles. The van der Waals surface area contributed by atoms with Crippen LogP contribution in [-0.4, -0.2) is 12.6 Å². The van der Waals surface area contributed by atoms with Crippen molar-refractivity contribution in [2.45, 2.75) is 6.92 Å². The van der Waals surface area contributed by atoms with Gasteiger partial charge in [-0.3, -0.25) is 4.79 Å². The van der Waals surface area contributed by atoms with Gasteiger partial charge >= 0.3 is 0 Å². The van der Waals surface area contributed by atoms with Crippen molar-refractivity contribution in [2.24, 2.45) is 0 Å². The molecule has 2 nitrogen and oxygen atoms in total. The maximum atomic E-state index is 10.7. The van der Waals surface area contributed by atoms with Crippen LogP contribution in [0.4, 0.5) is 0 Å². The molecule has 0 aromatic heterocycles. The number of carbonyl (C=O) groups is 2. The molecule has 0 bridgehead atoms. The second-order valence-corrected chi connectivity index (χ2v) is 2.98. The van der Waals surface area contributed by atoms with Gasteiger partial charge in [-0.2, -0.15) is 0 Å². The summed E-state index contributed by atoms with van der Waals surface area (Å²) in [5, 5.41) is 0. The number of hydrogen-bond acceptors (Lipinski definition) is 2. The van der Waals surface area contributed by atoms with Crippen molar-refractivity contribution >= 4 is 28.5 Å². The van der Waals surface area contributed by atoms with Crippen LogP contribution in [0.25, 0.3) is 0 Å². The fraction of sp³-hybridized carbons (Fsp3) is 0.111. The largest absolute Gasteiger partial charge is 0.307 e. The molecule has 0 saturated heterocycles. The van der Waals surface area contributed by atoms with Gasteiger partial charge in [-0.1, -0.05) is 28.1 Å². The highest BCUT2D eigenvalue weighted by molar-refractivity contribution is 9.10. The molecule has 1 rings (SSSR count). The molecular weight excluding hydrogens is 220 g/mol. The third-order valence-electron chi connectivity index (χ3n) is 1.25. The van der Waals surface area contributed by atoms with Crippen molar-refractivity contribution in [2.75, 3.05) is 0 Å². The summed E-state index contributed by atoms with van der Waals surface area (Å²) in [4.78, 5) is 18.7. The average Bonchev–Trinajstić information content (AvgIpc) is 2.09. The van der Waals surface area contributed by atoms with Crippen LogP contribution in [0.3, 0.4) is 0 Å². The molecule has 0 N–H and O–H groups in total. The maximum Gasteiger partial charge on any atom is 0.159 e. The van der Waals surface area contributed by atoms with Crippen LogP contribution in [0.15, 0.2) is 28.7 Å². The third-order valence-corrected chi connectivity index (χ3v) is 1.78. The number of carbonyl (C=O) groups excluding carboxylic acids is 2. The fourth-order valence-electron chi connectivity index (χ4n) is 0.685. The second kappa shape index (κ2) is 5.66. The predicted molar refractivity (Wildman–Crippen MR) is 51.3 cm³/mol. The van der Waals surface area contributed by atoms with Crippen molar-refractivity contribution in [1.29, 1.82) is 0 Å². The molecule has 0 radical (unpaired) electrons. The summed E-state index contributed by atoms with van der Waals surface area (Å²) >= 11 is 3.28. The molecule has 1 aromatic carbocycles. The number of benzene rings is 1. The lowest BCUT2D eigenvalue weighted by Crippen LogP contribution is -1.89. The van der Waals surface area contributed by atoms with E-state index in [1.807, 2.05) is 18.9 Å². The smallest absolute Gasteiger partial charge is 0.159 e. The van der Waals surface area contributed by atoms with Crippen molar-refractivity contribution < 1.29 is 9.59 Å². The number of hydrogen-bond donors (Lipinski definition) is 0. The van der Waals surface area contributed by atoms with Gasteiger partial charge in [0.25, 0.3) is 0 Å². The minimum atomic E-state index is 0.104. The molecule has 0 aliphatic carbocycles. The van der Waals surface area contributed by atoms with Crippen LogP contribution >= 0.6 is 15.9 Å².